The molecule has 0 saturated carbocycles. The van der Waals surface area contributed by atoms with Gasteiger partial charge in [-0.1, -0.05) is 29.8 Å². The second-order valence-corrected chi connectivity index (χ2v) is 8.79. The van der Waals surface area contributed by atoms with Crippen LogP contribution in [-0.4, -0.2) is 42.7 Å². The lowest BCUT2D eigenvalue weighted by molar-refractivity contribution is 0.151. The lowest BCUT2D eigenvalue weighted by atomic mass is 9.95. The maximum Gasteiger partial charge on any atom is 0.165 e. The fraction of sp³-hybridized carbons (Fsp3) is 0.346. The summed E-state index contributed by atoms with van der Waals surface area (Å²) < 4.78 is 32.4. The predicted molar refractivity (Wildman–Crippen MR) is 127 cm³/mol. The molecule has 1 aromatic heterocycles. The van der Waals surface area contributed by atoms with E-state index in [1.807, 2.05) is 48.7 Å². The zero-order valence-corrected chi connectivity index (χ0v) is 19.1. The fourth-order valence-electron chi connectivity index (χ4n) is 4.17. The van der Waals surface area contributed by atoms with Gasteiger partial charge in [0.1, 0.15) is 12.4 Å². The molecule has 1 atom stereocenters. The van der Waals surface area contributed by atoms with Crippen LogP contribution in [0.25, 0.3) is 0 Å². The summed E-state index contributed by atoms with van der Waals surface area (Å²) in [6, 6.07) is 17.1. The van der Waals surface area contributed by atoms with Crippen LogP contribution in [0.3, 0.4) is 0 Å². The van der Waals surface area contributed by atoms with E-state index in [4.69, 9.17) is 16.3 Å². The molecule has 2 aromatic carbocycles. The number of piperidine rings is 1. The summed E-state index contributed by atoms with van der Waals surface area (Å²) in [5.74, 6) is -0.509. The van der Waals surface area contributed by atoms with Gasteiger partial charge in [0.15, 0.2) is 11.6 Å². The first-order valence-corrected chi connectivity index (χ1v) is 11.7. The van der Waals surface area contributed by atoms with Crippen LogP contribution in [0.1, 0.15) is 30.1 Å². The van der Waals surface area contributed by atoms with Gasteiger partial charge in [0, 0.05) is 23.8 Å². The Balaban J connectivity index is 1.25. The summed E-state index contributed by atoms with van der Waals surface area (Å²) in [4.78, 5) is 6.86. The number of rotatable bonds is 9. The van der Waals surface area contributed by atoms with Gasteiger partial charge < -0.3 is 10.1 Å². The Morgan fingerprint density at radius 2 is 1.85 bits per heavy atom. The molecule has 0 spiro atoms. The highest BCUT2D eigenvalue weighted by Crippen LogP contribution is 2.24. The largest absolute Gasteiger partial charge is 0.489 e. The minimum atomic E-state index is -0.538. The van der Waals surface area contributed by atoms with E-state index in [9.17, 15) is 8.78 Å². The van der Waals surface area contributed by atoms with E-state index in [0.29, 0.717) is 19.1 Å². The van der Waals surface area contributed by atoms with Gasteiger partial charge in [0.2, 0.25) is 0 Å². The van der Waals surface area contributed by atoms with Gasteiger partial charge in [-0.2, -0.15) is 0 Å². The van der Waals surface area contributed by atoms with Crippen LogP contribution >= 0.6 is 11.6 Å². The monoisotopic (exact) mass is 471 g/mol. The molecule has 1 fully saturated rings. The number of ether oxygens (including phenoxy) is 1. The predicted octanol–water partition coefficient (Wildman–Crippen LogP) is 5.48. The maximum absolute atomic E-state index is 13.7. The molecule has 1 saturated heterocycles. The number of nitrogens with one attached hydrogen (secondary N) is 1. The van der Waals surface area contributed by atoms with Crippen LogP contribution in [0.15, 0.2) is 66.9 Å². The van der Waals surface area contributed by atoms with Crippen LogP contribution in [0.5, 0.6) is 5.75 Å². The van der Waals surface area contributed by atoms with E-state index in [0.717, 1.165) is 67.0 Å². The third kappa shape index (κ3) is 6.73. The van der Waals surface area contributed by atoms with Crippen LogP contribution in [0.2, 0.25) is 5.02 Å². The van der Waals surface area contributed by atoms with Gasteiger partial charge >= 0.3 is 0 Å². The van der Waals surface area contributed by atoms with Crippen molar-refractivity contribution in [3.05, 3.63) is 94.8 Å². The molecule has 1 unspecified atom stereocenters. The normalized spacial score (nSPS) is 16.0. The average Bonchev–Trinajstić information content (AvgIpc) is 2.84. The van der Waals surface area contributed by atoms with Crippen molar-refractivity contribution in [3.8, 4) is 5.75 Å². The van der Waals surface area contributed by atoms with Gasteiger partial charge in [-0.3, -0.25) is 9.88 Å². The molecular formula is C26H28ClF2N3O. The van der Waals surface area contributed by atoms with E-state index >= 15 is 0 Å². The highest BCUT2D eigenvalue weighted by atomic mass is 35.5. The van der Waals surface area contributed by atoms with Crippen molar-refractivity contribution in [2.24, 2.45) is 5.92 Å². The van der Waals surface area contributed by atoms with Gasteiger partial charge in [-0.15, -0.1) is 0 Å². The second-order valence-electron chi connectivity index (χ2n) is 8.36. The second kappa shape index (κ2) is 11.5. The van der Waals surface area contributed by atoms with E-state index in [1.54, 1.807) is 0 Å². The Labute approximate surface area is 198 Å². The third-order valence-corrected chi connectivity index (χ3v) is 6.31. The van der Waals surface area contributed by atoms with Gasteiger partial charge in [-0.25, -0.2) is 8.78 Å². The lowest BCUT2D eigenvalue weighted by Crippen LogP contribution is -2.40. The highest BCUT2D eigenvalue weighted by molar-refractivity contribution is 6.30. The summed E-state index contributed by atoms with van der Waals surface area (Å²) in [6.45, 7) is 3.83. The van der Waals surface area contributed by atoms with Crippen LogP contribution in [0.4, 0.5) is 8.78 Å². The Hall–Kier alpha value is -2.54. The molecule has 1 N–H and O–H groups in total. The maximum atomic E-state index is 13.7. The number of benzene rings is 2. The number of hydrogen-bond donors (Lipinski definition) is 1. The summed E-state index contributed by atoms with van der Waals surface area (Å²) in [5, 5.41) is 4.42. The number of halogens is 3. The van der Waals surface area contributed by atoms with E-state index in [1.165, 1.54) is 0 Å². The molecule has 0 amide bonds. The molecule has 2 heterocycles. The zero-order chi connectivity index (χ0) is 23.0. The van der Waals surface area contributed by atoms with Crippen molar-refractivity contribution >= 4 is 11.6 Å². The summed E-state index contributed by atoms with van der Waals surface area (Å²) in [7, 11) is 0. The van der Waals surface area contributed by atoms with Crippen LogP contribution in [-0.2, 0) is 0 Å². The highest BCUT2D eigenvalue weighted by Gasteiger charge is 2.22. The van der Waals surface area contributed by atoms with Crippen LogP contribution in [0, 0.1) is 17.6 Å². The Morgan fingerprint density at radius 3 is 2.58 bits per heavy atom. The molecule has 0 radical (unpaired) electrons. The first-order valence-electron chi connectivity index (χ1n) is 11.3. The van der Waals surface area contributed by atoms with Gasteiger partial charge in [0.25, 0.3) is 0 Å². The molecule has 0 bridgehead atoms. The first kappa shape index (κ1) is 23.6. The van der Waals surface area contributed by atoms with E-state index in [2.05, 4.69) is 15.2 Å². The van der Waals surface area contributed by atoms with Crippen molar-refractivity contribution < 1.29 is 13.5 Å². The summed E-state index contributed by atoms with van der Waals surface area (Å²) >= 11 is 6.08. The summed E-state index contributed by atoms with van der Waals surface area (Å²) in [5.41, 5.74) is 2.12. The molecule has 0 aliphatic carbocycles. The standard InChI is InChI=1S/C26H28ClF2N3O/c27-21-6-4-20(5-7-21)26(24-3-1-2-12-30-24)31-18-19-10-13-32(14-11-19)15-16-33-25-17-22(28)8-9-23(25)29/h1-9,12,17,19,26,31H,10-11,13-16,18H2. The van der Waals surface area contributed by atoms with E-state index < -0.39 is 11.6 Å². The Morgan fingerprint density at radius 1 is 1.06 bits per heavy atom. The minimum Gasteiger partial charge on any atom is -0.489 e. The molecule has 174 valence electrons. The van der Waals surface area contributed by atoms with Crippen molar-refractivity contribution in [2.75, 3.05) is 32.8 Å². The third-order valence-electron chi connectivity index (χ3n) is 6.06. The number of aromatic nitrogens is 1. The van der Waals surface area contributed by atoms with E-state index in [-0.39, 0.29) is 11.8 Å². The average molecular weight is 472 g/mol. The molecular weight excluding hydrogens is 444 g/mol. The fourth-order valence-corrected chi connectivity index (χ4v) is 4.29. The SMILES string of the molecule is Fc1ccc(F)c(OCCN2CCC(CNC(c3ccc(Cl)cc3)c3ccccn3)CC2)c1. The molecule has 3 aromatic rings. The number of likely N-dealkylation sites (tertiary alicyclic amines) is 1. The topological polar surface area (TPSA) is 37.4 Å². The van der Waals surface area contributed by atoms with Crippen molar-refractivity contribution in [1.29, 1.82) is 0 Å². The van der Waals surface area contributed by atoms with Crippen molar-refractivity contribution in [1.82, 2.24) is 15.2 Å². The Bertz CT molecular complexity index is 1010. The van der Waals surface area contributed by atoms with Crippen molar-refractivity contribution in [3.63, 3.8) is 0 Å². The first-order chi connectivity index (χ1) is 16.1. The zero-order valence-electron chi connectivity index (χ0n) is 18.4. The number of hydrogen-bond acceptors (Lipinski definition) is 4. The van der Waals surface area contributed by atoms with Gasteiger partial charge in [-0.05, 0) is 80.4 Å². The molecule has 4 nitrogen and oxygen atoms in total. The smallest absolute Gasteiger partial charge is 0.165 e. The summed E-state index contributed by atoms with van der Waals surface area (Å²) in [6.07, 6.45) is 3.95. The van der Waals surface area contributed by atoms with Gasteiger partial charge in [0.05, 0.1) is 11.7 Å². The van der Waals surface area contributed by atoms with Crippen LogP contribution < -0.4 is 10.1 Å². The number of pyridine rings is 1. The number of nitrogens with zero attached hydrogens (tertiary/aromatic N) is 2. The molecule has 1 aliphatic rings. The molecule has 4 rings (SSSR count). The lowest BCUT2D eigenvalue weighted by Gasteiger charge is -2.33. The Kier molecular flexibility index (Phi) is 8.26. The molecule has 33 heavy (non-hydrogen) atoms. The van der Waals surface area contributed by atoms with Crippen molar-refractivity contribution in [2.45, 2.75) is 18.9 Å². The molecule has 1 aliphatic heterocycles. The quantitative estimate of drug-likeness (QED) is 0.448. The minimum absolute atomic E-state index is 0.0102. The molecule has 7 heteroatoms.